The van der Waals surface area contributed by atoms with Gasteiger partial charge < -0.3 is 4.74 Å². The zero-order valence-electron chi connectivity index (χ0n) is 18.5. The first-order valence-corrected chi connectivity index (χ1v) is 9.77. The van der Waals surface area contributed by atoms with Gasteiger partial charge in [-0.05, 0) is 23.5 Å². The highest BCUT2D eigenvalue weighted by atomic mass is 19.4. The molecule has 1 rings (SSSR count). The predicted molar refractivity (Wildman–Crippen MR) is 95.1 cm³/mol. The van der Waals surface area contributed by atoms with Crippen LogP contribution in [0, 0.1) is 5.92 Å². The first kappa shape index (κ1) is 32.2. The average Bonchev–Trinajstić information content (AvgIpc) is 2.70. The molecule has 36 heavy (non-hydrogen) atoms. The quantitative estimate of drug-likeness (QED) is 0.247. The van der Waals surface area contributed by atoms with Crippen LogP contribution in [-0.4, -0.2) is 48.8 Å². The van der Waals surface area contributed by atoms with Crippen molar-refractivity contribution < 1.29 is 70.6 Å². The predicted octanol–water partition coefficient (Wildman–Crippen LogP) is 8.34. The summed E-state index contributed by atoms with van der Waals surface area (Å²) in [5.74, 6) is -46.5. The summed E-state index contributed by atoms with van der Waals surface area (Å²) >= 11 is 0. The van der Waals surface area contributed by atoms with Crippen molar-refractivity contribution in [2.24, 2.45) is 5.92 Å². The van der Waals surface area contributed by atoms with E-state index in [1.807, 2.05) is 0 Å². The van der Waals surface area contributed by atoms with Gasteiger partial charge in [0, 0.05) is 13.5 Å². The van der Waals surface area contributed by atoms with Crippen molar-refractivity contribution in [2.45, 2.75) is 74.5 Å². The Bertz CT molecular complexity index is 872. The second-order valence-corrected chi connectivity index (χ2v) is 8.34. The minimum atomic E-state index is -8.30. The van der Waals surface area contributed by atoms with E-state index in [0.29, 0.717) is 19.1 Å². The number of benzene rings is 1. The third-order valence-corrected chi connectivity index (χ3v) is 5.11. The maximum atomic E-state index is 14.2. The number of hydrogen-bond donors (Lipinski definition) is 0. The van der Waals surface area contributed by atoms with Crippen LogP contribution in [0.5, 0.6) is 0 Å². The van der Waals surface area contributed by atoms with Crippen molar-refractivity contribution in [1.82, 2.24) is 0 Å². The van der Waals surface area contributed by atoms with E-state index in [9.17, 15) is 65.9 Å². The number of halogens is 15. The van der Waals surface area contributed by atoms with E-state index in [1.165, 1.54) is 12.1 Å². The molecule has 0 aliphatic rings. The normalized spacial score (nSPS) is 16.0. The topological polar surface area (TPSA) is 9.23 Å². The van der Waals surface area contributed by atoms with E-state index in [1.54, 1.807) is 13.8 Å². The summed E-state index contributed by atoms with van der Waals surface area (Å²) in [7, 11) is 0.617. The van der Waals surface area contributed by atoms with Gasteiger partial charge in [0.15, 0.2) is 0 Å². The van der Waals surface area contributed by atoms with E-state index in [4.69, 9.17) is 0 Å². The largest absolute Gasteiger partial charge is 0.460 e. The first-order valence-electron chi connectivity index (χ1n) is 9.77. The lowest BCUT2D eigenvalue weighted by atomic mass is 9.88. The van der Waals surface area contributed by atoms with Crippen molar-refractivity contribution in [3.63, 3.8) is 0 Å². The number of hydrogen-bond acceptors (Lipinski definition) is 1. The monoisotopic (exact) mass is 560 g/mol. The molecule has 0 heterocycles. The van der Waals surface area contributed by atoms with Crippen LogP contribution in [0.25, 0.3) is 0 Å². The van der Waals surface area contributed by atoms with Crippen LogP contribution in [-0.2, 0) is 11.2 Å². The van der Waals surface area contributed by atoms with E-state index in [0.717, 1.165) is 12.1 Å². The van der Waals surface area contributed by atoms with Crippen molar-refractivity contribution in [2.75, 3.05) is 7.11 Å². The maximum Gasteiger partial charge on any atom is 0.460 e. The fraction of sp³-hybridized carbons (Fsp3) is 0.700. The Morgan fingerprint density at radius 1 is 0.611 bits per heavy atom. The molecule has 16 heteroatoms. The summed E-state index contributed by atoms with van der Waals surface area (Å²) < 4.78 is 205. The lowest BCUT2D eigenvalue weighted by molar-refractivity contribution is -0.453. The minimum Gasteiger partial charge on any atom is -0.377 e. The van der Waals surface area contributed by atoms with E-state index in [2.05, 4.69) is 4.74 Å². The minimum absolute atomic E-state index is 0.115. The SMILES string of the molecule is COC(CC(F)(F)C(F)(F)C(F)(F)C(F)(F)C(F)(F)C(F)(F)C(F)(F)F)c1ccc(CC(C)C)cc1. The third kappa shape index (κ3) is 5.23. The first-order chi connectivity index (χ1) is 15.8. The fourth-order valence-electron chi connectivity index (χ4n) is 3.04. The third-order valence-electron chi connectivity index (χ3n) is 5.11. The molecule has 0 N–H and O–H groups in total. The molecular formula is C20H19F15O. The molecule has 1 aromatic rings. The van der Waals surface area contributed by atoms with Gasteiger partial charge in [0.25, 0.3) is 0 Å². The highest BCUT2D eigenvalue weighted by molar-refractivity contribution is 5.25. The zero-order chi connectivity index (χ0) is 28.8. The lowest BCUT2D eigenvalue weighted by Crippen LogP contribution is -2.72. The van der Waals surface area contributed by atoms with Gasteiger partial charge in [0.2, 0.25) is 0 Å². The lowest BCUT2D eigenvalue weighted by Gasteiger charge is -2.42. The molecule has 0 fully saturated rings. The second kappa shape index (κ2) is 9.78. The van der Waals surface area contributed by atoms with E-state index in [-0.39, 0.29) is 11.5 Å². The molecule has 0 aromatic heterocycles. The molecular weight excluding hydrogens is 541 g/mol. The summed E-state index contributed by atoms with van der Waals surface area (Å²) in [5, 5.41) is 0. The highest BCUT2D eigenvalue weighted by Crippen LogP contribution is 2.63. The molecule has 210 valence electrons. The molecule has 0 bridgehead atoms. The molecule has 0 aliphatic heterocycles. The van der Waals surface area contributed by atoms with Crippen LogP contribution in [0.4, 0.5) is 65.9 Å². The molecule has 0 radical (unpaired) electrons. The van der Waals surface area contributed by atoms with E-state index >= 15 is 0 Å². The Morgan fingerprint density at radius 2 is 1.00 bits per heavy atom. The van der Waals surface area contributed by atoms with E-state index < -0.39 is 54.2 Å². The number of methoxy groups -OCH3 is 1. The highest BCUT2D eigenvalue weighted by Gasteiger charge is 2.93. The average molecular weight is 560 g/mol. The molecule has 1 atom stereocenters. The Hall–Kier alpha value is -1.87. The van der Waals surface area contributed by atoms with Crippen LogP contribution < -0.4 is 0 Å². The molecule has 1 aromatic carbocycles. The summed E-state index contributed by atoms with van der Waals surface area (Å²) in [5.41, 5.74) is 0.240. The molecule has 0 saturated heterocycles. The van der Waals surface area contributed by atoms with Crippen LogP contribution in [0.15, 0.2) is 24.3 Å². The molecule has 0 saturated carbocycles. The van der Waals surface area contributed by atoms with Crippen molar-refractivity contribution in [3.8, 4) is 0 Å². The van der Waals surface area contributed by atoms with Crippen LogP contribution in [0.3, 0.4) is 0 Å². The Morgan fingerprint density at radius 3 is 1.36 bits per heavy atom. The summed E-state index contributed by atoms with van der Waals surface area (Å²) in [6, 6.07) is 4.68. The maximum absolute atomic E-state index is 14.2. The Labute approximate surface area is 194 Å². The van der Waals surface area contributed by atoms with Gasteiger partial charge in [-0.2, -0.15) is 65.9 Å². The number of ether oxygens (including phenoxy) is 1. The van der Waals surface area contributed by atoms with Gasteiger partial charge in [-0.1, -0.05) is 38.1 Å². The van der Waals surface area contributed by atoms with Crippen molar-refractivity contribution in [3.05, 3.63) is 35.4 Å². The Kier molecular flexibility index (Phi) is 8.74. The van der Waals surface area contributed by atoms with Crippen LogP contribution in [0.1, 0.15) is 37.5 Å². The molecule has 1 nitrogen and oxygen atoms in total. The molecule has 1 unspecified atom stereocenters. The molecule has 0 spiro atoms. The smallest absolute Gasteiger partial charge is 0.377 e. The van der Waals surface area contributed by atoms with Gasteiger partial charge in [-0.15, -0.1) is 0 Å². The second-order valence-electron chi connectivity index (χ2n) is 8.34. The van der Waals surface area contributed by atoms with Crippen molar-refractivity contribution in [1.29, 1.82) is 0 Å². The summed E-state index contributed by atoms with van der Waals surface area (Å²) in [6.07, 6.45) is -12.0. The standard InChI is InChI=1S/C20H19F15O/c1-10(2)8-11-4-6-12(7-5-11)13(36-3)9-14(21,22)15(23,24)16(25,26)17(27,28)18(29,30)19(31,32)20(33,34)35/h4-7,10,13H,8-9H2,1-3H3. The fourth-order valence-corrected chi connectivity index (χ4v) is 3.04. The van der Waals surface area contributed by atoms with Crippen LogP contribution >= 0.6 is 0 Å². The van der Waals surface area contributed by atoms with Crippen molar-refractivity contribution >= 4 is 0 Å². The molecule has 0 amide bonds. The van der Waals surface area contributed by atoms with Gasteiger partial charge >= 0.3 is 41.7 Å². The van der Waals surface area contributed by atoms with Gasteiger partial charge in [0.1, 0.15) is 0 Å². The number of alkyl halides is 15. The summed E-state index contributed by atoms with van der Waals surface area (Å²) in [4.78, 5) is 0. The van der Waals surface area contributed by atoms with Crippen LogP contribution in [0.2, 0.25) is 0 Å². The summed E-state index contributed by atoms with van der Waals surface area (Å²) in [6.45, 7) is 3.61. The Balaban J connectivity index is 3.42. The van der Waals surface area contributed by atoms with Gasteiger partial charge in [-0.3, -0.25) is 0 Å². The zero-order valence-corrected chi connectivity index (χ0v) is 18.5. The number of rotatable bonds is 11. The van der Waals surface area contributed by atoms with Gasteiger partial charge in [0.05, 0.1) is 6.10 Å². The van der Waals surface area contributed by atoms with Gasteiger partial charge in [-0.25, -0.2) is 0 Å². The molecule has 0 aliphatic carbocycles.